The van der Waals surface area contributed by atoms with Crippen LogP contribution < -0.4 is 14.8 Å². The number of hydrogen-bond donors (Lipinski definition) is 1. The topological polar surface area (TPSA) is 30.5 Å². The van der Waals surface area contributed by atoms with Crippen LogP contribution in [0.4, 0.5) is 5.69 Å². The first-order valence-electron chi connectivity index (χ1n) is 9.93. The van der Waals surface area contributed by atoms with E-state index >= 15 is 0 Å². The van der Waals surface area contributed by atoms with Gasteiger partial charge in [0.05, 0.1) is 18.2 Å². The molecule has 0 aliphatic carbocycles. The predicted octanol–water partition coefficient (Wildman–Crippen LogP) is 6.76. The lowest BCUT2D eigenvalue weighted by atomic mass is 9.81. The van der Waals surface area contributed by atoms with Crippen molar-refractivity contribution >= 4 is 11.3 Å². The molecule has 146 valence electrons. The van der Waals surface area contributed by atoms with Gasteiger partial charge >= 0.3 is 0 Å². The van der Waals surface area contributed by atoms with Gasteiger partial charge in [-0.15, -0.1) is 0 Å². The summed E-state index contributed by atoms with van der Waals surface area (Å²) >= 11 is 0. The fraction of sp³-hybridized carbons (Fsp3) is 0.360. The van der Waals surface area contributed by atoms with Crippen molar-refractivity contribution in [1.29, 1.82) is 0 Å². The van der Waals surface area contributed by atoms with Gasteiger partial charge in [0, 0.05) is 23.2 Å². The molecular formula is C25H29NO2. The third kappa shape index (κ3) is 3.09. The summed E-state index contributed by atoms with van der Waals surface area (Å²) < 4.78 is 12.2. The number of anilines is 1. The van der Waals surface area contributed by atoms with Crippen LogP contribution in [0.5, 0.6) is 11.5 Å². The second kappa shape index (κ2) is 6.73. The summed E-state index contributed by atoms with van der Waals surface area (Å²) in [5.74, 6) is 1.75. The summed E-state index contributed by atoms with van der Waals surface area (Å²) in [6, 6.07) is 10.5. The van der Waals surface area contributed by atoms with E-state index in [1.165, 1.54) is 33.5 Å². The van der Waals surface area contributed by atoms with E-state index in [0.717, 1.165) is 23.5 Å². The smallest absolute Gasteiger partial charge is 0.131 e. The zero-order valence-corrected chi connectivity index (χ0v) is 17.6. The molecule has 0 fully saturated rings. The second-order valence-electron chi connectivity index (χ2n) is 8.58. The fourth-order valence-electron chi connectivity index (χ4n) is 4.46. The van der Waals surface area contributed by atoms with Crippen LogP contribution in [0.15, 0.2) is 48.1 Å². The Labute approximate surface area is 168 Å². The molecule has 3 nitrogen and oxygen atoms in total. The molecule has 0 radical (unpaired) electrons. The maximum atomic E-state index is 6.54. The van der Waals surface area contributed by atoms with Gasteiger partial charge in [0.25, 0.3) is 0 Å². The maximum absolute atomic E-state index is 6.54. The van der Waals surface area contributed by atoms with Crippen LogP contribution in [0.3, 0.4) is 0 Å². The second-order valence-corrected chi connectivity index (χ2v) is 8.58. The SMILES string of the molecule is COc1cccc2c1-c1ccc3c(c1C(CC=C(C)C)O2)C(C)=CC(C)(C)N3. The van der Waals surface area contributed by atoms with Gasteiger partial charge in [0.1, 0.15) is 17.6 Å². The van der Waals surface area contributed by atoms with Gasteiger partial charge in [-0.2, -0.15) is 0 Å². The van der Waals surface area contributed by atoms with E-state index in [0.29, 0.717) is 0 Å². The van der Waals surface area contributed by atoms with E-state index in [9.17, 15) is 0 Å². The number of benzene rings is 2. The molecule has 28 heavy (non-hydrogen) atoms. The number of methoxy groups -OCH3 is 1. The van der Waals surface area contributed by atoms with Crippen molar-refractivity contribution in [3.05, 3.63) is 59.2 Å². The highest BCUT2D eigenvalue weighted by atomic mass is 16.5. The minimum absolute atomic E-state index is 0.0224. The lowest BCUT2D eigenvalue weighted by Gasteiger charge is -2.37. The van der Waals surface area contributed by atoms with E-state index in [1.54, 1.807) is 7.11 Å². The van der Waals surface area contributed by atoms with Gasteiger partial charge in [-0.1, -0.05) is 29.9 Å². The lowest BCUT2D eigenvalue weighted by Crippen LogP contribution is -2.32. The van der Waals surface area contributed by atoms with Crippen LogP contribution in [0.25, 0.3) is 16.7 Å². The molecule has 2 aliphatic heterocycles. The van der Waals surface area contributed by atoms with Crippen molar-refractivity contribution in [2.45, 2.75) is 52.7 Å². The Kier molecular flexibility index (Phi) is 4.49. The Morgan fingerprint density at radius 3 is 2.68 bits per heavy atom. The molecule has 3 heteroatoms. The highest BCUT2D eigenvalue weighted by Gasteiger charge is 2.34. The summed E-state index contributed by atoms with van der Waals surface area (Å²) in [7, 11) is 1.72. The molecule has 1 N–H and O–H groups in total. The van der Waals surface area contributed by atoms with Crippen LogP contribution in [0.2, 0.25) is 0 Å². The zero-order valence-electron chi connectivity index (χ0n) is 17.6. The quantitative estimate of drug-likeness (QED) is 0.601. The first-order chi connectivity index (χ1) is 13.3. The Balaban J connectivity index is 1.99. The predicted molar refractivity (Wildman–Crippen MR) is 117 cm³/mol. The normalized spacial score (nSPS) is 18.5. The summed E-state index contributed by atoms with van der Waals surface area (Å²) in [4.78, 5) is 0. The molecule has 0 amide bonds. The van der Waals surface area contributed by atoms with E-state index in [-0.39, 0.29) is 11.6 Å². The van der Waals surface area contributed by atoms with Crippen LogP contribution in [-0.4, -0.2) is 12.6 Å². The van der Waals surface area contributed by atoms with E-state index in [4.69, 9.17) is 9.47 Å². The molecular weight excluding hydrogens is 346 g/mol. The van der Waals surface area contributed by atoms with Gasteiger partial charge in [0.15, 0.2) is 0 Å². The zero-order chi connectivity index (χ0) is 20.1. The fourth-order valence-corrected chi connectivity index (χ4v) is 4.46. The molecule has 4 rings (SSSR count). The standard InChI is InChI=1S/C25H29NO2/c1-15(2)10-13-21-24-17(23-19(27-6)8-7-9-20(23)28-21)11-12-18-22(24)16(3)14-25(4,5)26-18/h7-12,14,21,26H,13H2,1-6H3. The van der Waals surface area contributed by atoms with E-state index in [2.05, 4.69) is 64.2 Å². The van der Waals surface area contributed by atoms with Crippen molar-refractivity contribution in [2.24, 2.45) is 0 Å². The minimum Gasteiger partial charge on any atom is -0.496 e. The third-order valence-electron chi connectivity index (χ3n) is 5.48. The van der Waals surface area contributed by atoms with Gasteiger partial charge in [0.2, 0.25) is 0 Å². The van der Waals surface area contributed by atoms with E-state index in [1.807, 2.05) is 18.2 Å². The van der Waals surface area contributed by atoms with Gasteiger partial charge < -0.3 is 14.8 Å². The van der Waals surface area contributed by atoms with Gasteiger partial charge in [-0.3, -0.25) is 0 Å². The highest BCUT2D eigenvalue weighted by Crippen LogP contribution is 2.52. The van der Waals surface area contributed by atoms with Crippen molar-refractivity contribution in [2.75, 3.05) is 12.4 Å². The summed E-state index contributed by atoms with van der Waals surface area (Å²) in [6.07, 6.45) is 5.40. The van der Waals surface area contributed by atoms with Crippen LogP contribution in [0, 0.1) is 0 Å². The van der Waals surface area contributed by atoms with Crippen molar-refractivity contribution in [3.8, 4) is 22.6 Å². The van der Waals surface area contributed by atoms with Gasteiger partial charge in [-0.05, 0) is 64.0 Å². The summed E-state index contributed by atoms with van der Waals surface area (Å²) in [6.45, 7) is 10.9. The van der Waals surface area contributed by atoms with Crippen LogP contribution in [-0.2, 0) is 0 Å². The van der Waals surface area contributed by atoms with E-state index < -0.39 is 0 Å². The summed E-state index contributed by atoms with van der Waals surface area (Å²) in [5, 5.41) is 3.68. The lowest BCUT2D eigenvalue weighted by molar-refractivity contribution is 0.204. The Hall–Kier alpha value is -2.68. The van der Waals surface area contributed by atoms with Crippen LogP contribution in [0.1, 0.15) is 58.3 Å². The maximum Gasteiger partial charge on any atom is 0.131 e. The Morgan fingerprint density at radius 1 is 1.18 bits per heavy atom. The number of rotatable bonds is 3. The molecule has 1 unspecified atom stereocenters. The molecule has 0 aromatic heterocycles. The van der Waals surface area contributed by atoms with Crippen molar-refractivity contribution in [3.63, 3.8) is 0 Å². The molecule has 0 saturated carbocycles. The molecule has 1 atom stereocenters. The molecule has 2 aliphatic rings. The molecule has 2 aromatic carbocycles. The number of ether oxygens (including phenoxy) is 2. The number of fused-ring (bicyclic) bond motifs is 5. The number of hydrogen-bond acceptors (Lipinski definition) is 3. The molecule has 0 saturated heterocycles. The number of nitrogens with one attached hydrogen (secondary N) is 1. The van der Waals surface area contributed by atoms with Gasteiger partial charge in [-0.25, -0.2) is 0 Å². The first-order valence-corrected chi connectivity index (χ1v) is 9.93. The molecule has 2 heterocycles. The average Bonchev–Trinajstić information content (AvgIpc) is 2.63. The summed E-state index contributed by atoms with van der Waals surface area (Å²) in [5.41, 5.74) is 8.48. The van der Waals surface area contributed by atoms with Crippen LogP contribution >= 0.6 is 0 Å². The van der Waals surface area contributed by atoms with Crippen molar-refractivity contribution in [1.82, 2.24) is 0 Å². The largest absolute Gasteiger partial charge is 0.496 e. The third-order valence-corrected chi connectivity index (χ3v) is 5.48. The van der Waals surface area contributed by atoms with Crippen molar-refractivity contribution < 1.29 is 9.47 Å². The Bertz CT molecular complexity index is 994. The number of allylic oxidation sites excluding steroid dienone is 2. The average molecular weight is 376 g/mol. The first kappa shape index (κ1) is 18.7. The monoisotopic (exact) mass is 375 g/mol. The molecule has 0 bridgehead atoms. The Morgan fingerprint density at radius 2 is 1.96 bits per heavy atom. The highest BCUT2D eigenvalue weighted by molar-refractivity contribution is 5.91. The molecule has 2 aromatic rings. The minimum atomic E-state index is -0.0636. The molecule has 0 spiro atoms.